The smallest absolute Gasteiger partial charge is 0.822 e. The fraction of sp³-hybridized carbons (Fsp3) is 0. The van der Waals surface area contributed by atoms with Crippen LogP contribution in [0, 0.1) is 0 Å². The summed E-state index contributed by atoms with van der Waals surface area (Å²) in [6.07, 6.45) is 0. The van der Waals surface area contributed by atoms with Crippen LogP contribution in [0.15, 0.2) is 0 Å². The third-order valence-corrected chi connectivity index (χ3v) is 0. The van der Waals surface area contributed by atoms with Gasteiger partial charge in [0.05, 0.1) is 0 Å². The monoisotopic (exact) mass is 3850 g/mol. The van der Waals surface area contributed by atoms with Crippen molar-refractivity contribution >= 4 is 150 Å². The first kappa shape index (κ1) is 204. The first-order valence-corrected chi connectivity index (χ1v) is 37.2. The molecule has 0 saturated carbocycles. The summed E-state index contributed by atoms with van der Waals surface area (Å²) < 4.78 is 145. The molecule has 0 unspecified atom stereocenters. The Morgan fingerprint density at radius 2 is 0.0816 bits per heavy atom. The first-order chi connectivity index (χ1) is 34.0. The van der Waals surface area contributed by atoms with Gasteiger partial charge >= 0.3 is 270 Å². The molecule has 0 aromatic rings. The first-order valence-electron chi connectivity index (χ1n) is 12.4. The molecule has 0 bridgehead atoms. The molecule has 0 atom stereocenters. The van der Waals surface area contributed by atoms with Crippen LogP contribution in [-0.2, 0) is 330 Å². The van der Waals surface area contributed by atoms with E-state index in [2.05, 4.69) is 0 Å². The minimum Gasteiger partial charge on any atom is -0.822 e. The van der Waals surface area contributed by atoms with Crippen molar-refractivity contribution in [3.63, 3.8) is 0 Å². The average molecular weight is 3850 g/mol. The SMILES string of the molecule is O=P([O-])([O-])[O-].O=P([O-])([O-])[O-].O=P([O-])([O-])[O-].O=P([O-])([O-])[O-].O=P([O-])([O-])[O-].O=P([O-])([O-])[O-].O=P([O-])([O-])[O-].O=P([O-])([O-])[O-].O=P([O-])([O-])[O-].O=P([O-])([O-])[O-].O=P([O-])([O-])[O-].O=P([O-])([O-])[O-].O=P([O-])([O-])[O-].O=P([O-])([O-])[O-].O=P([O-])([O-])[O-].O=P([O-])([O-])[O-].O=P([O-])([O-])[O-].[Al+3].[W+4].[W+4].[W+4].[W+4].[W+4].[W+4].[W+4].[W+4].[W+4].[W+4].[W+4].[W+4]. The van der Waals surface area contributed by atoms with Crippen LogP contribution in [0.4, 0.5) is 0 Å². The minimum atomic E-state index is -5.39. The Kier molecular flexibility index (Phi) is 200. The van der Waals surface area contributed by atoms with Gasteiger partial charge in [0.15, 0.2) is 0 Å². The summed E-state index contributed by atoms with van der Waals surface area (Å²) in [5.41, 5.74) is 0. The van der Waals surface area contributed by atoms with Gasteiger partial charge in [0.2, 0.25) is 0 Å². The van der Waals surface area contributed by atoms with E-state index in [1.807, 2.05) is 0 Å². The molecule has 68 nitrogen and oxygen atoms in total. The predicted octanol–water partition coefficient (Wildman–Crippen LogP) is -48.4. The van der Waals surface area contributed by atoms with Gasteiger partial charge in [-0.3, -0.25) is 0 Å². The summed E-state index contributed by atoms with van der Waals surface area (Å²) in [5.74, 6) is 0. The van der Waals surface area contributed by atoms with Crippen molar-refractivity contribution < 1.29 is 580 Å². The summed E-state index contributed by atoms with van der Waals surface area (Å²) in [6.45, 7) is 0. The third kappa shape index (κ3) is 10500. The molecule has 0 aliphatic carbocycles. The molecule has 0 radical (unpaired) electrons. The summed E-state index contributed by atoms with van der Waals surface area (Å²) in [6, 6.07) is 0. The zero-order valence-corrected chi connectivity index (χ0v) is 92.4. The van der Waals surface area contributed by atoms with E-state index in [1.165, 1.54) is 0 Å². The standard InChI is InChI=1S/Al.17H3O4P.12W/c;17*1-5(2,3)4;;;;;;;;;;;;/h;17*(H3,1,2,3,4);;;;;;;;;;;;/q+3;;;;;;;;;;;;;;;;;;12*+4/p-51. The van der Waals surface area contributed by atoms with E-state index in [1.54, 1.807) is 0 Å². The van der Waals surface area contributed by atoms with E-state index in [4.69, 9.17) is 327 Å². The second-order valence-electron chi connectivity index (χ2n) is 7.60. The number of phosphoric acid groups is 17. The second kappa shape index (κ2) is 96.5. The molecule has 98 heavy (non-hydrogen) atoms. The van der Waals surface area contributed by atoms with Gasteiger partial charge < -0.3 is 327 Å². The molecule has 0 fully saturated rings. The molecule has 0 rings (SSSR count). The fourth-order valence-electron chi connectivity index (χ4n) is 0. The van der Waals surface area contributed by atoms with Crippen molar-refractivity contribution in [3.8, 4) is 0 Å². The Morgan fingerprint density at radius 3 is 0.0816 bits per heavy atom. The molecule has 0 N–H and O–H groups in total. The maximum atomic E-state index is 8.55. The fourth-order valence-corrected chi connectivity index (χ4v) is 0. The van der Waals surface area contributed by atoms with Crippen LogP contribution in [0.2, 0.25) is 0 Å². The maximum Gasteiger partial charge on any atom is 4.00 e. The van der Waals surface area contributed by atoms with Crippen LogP contribution in [0.25, 0.3) is 0 Å². The van der Waals surface area contributed by atoms with Gasteiger partial charge in [-0.1, -0.05) is 0 Å². The molecular weight excluding hydrogens is 3850 g/mol. The number of hydrogen-bond acceptors (Lipinski definition) is 68. The molecule has 0 aromatic heterocycles. The van der Waals surface area contributed by atoms with Crippen LogP contribution in [0.3, 0.4) is 0 Å². The normalized spacial score (nSPS) is 10.2. The van der Waals surface area contributed by atoms with Gasteiger partial charge in [-0.25, -0.2) is 0 Å². The van der Waals surface area contributed by atoms with Gasteiger partial charge in [0.1, 0.15) is 0 Å². The summed E-state index contributed by atoms with van der Waals surface area (Å²) in [5, 5.41) is 0. The second-order valence-corrected chi connectivity index (χ2v) is 22.8. The van der Waals surface area contributed by atoms with Gasteiger partial charge in [-0.15, -0.1) is 0 Å². The summed E-state index contributed by atoms with van der Waals surface area (Å²) in [7, 11) is -91.6. The summed E-state index contributed by atoms with van der Waals surface area (Å²) in [4.78, 5) is 436. The van der Waals surface area contributed by atoms with E-state index < -0.39 is 133 Å². The van der Waals surface area contributed by atoms with Crippen molar-refractivity contribution in [2.45, 2.75) is 0 Å². The van der Waals surface area contributed by atoms with Crippen molar-refractivity contribution in [1.82, 2.24) is 0 Å². The van der Waals surface area contributed by atoms with Crippen LogP contribution in [-0.4, -0.2) is 17.4 Å². The topological polar surface area (TPSA) is 1470 Å². The molecule has 568 valence electrons. The van der Waals surface area contributed by atoms with Crippen LogP contribution in [0.1, 0.15) is 0 Å². The van der Waals surface area contributed by atoms with Gasteiger partial charge in [0.25, 0.3) is 0 Å². The Balaban J connectivity index is -0.0000000178. The van der Waals surface area contributed by atoms with Gasteiger partial charge in [-0.2, -0.15) is 133 Å². The van der Waals surface area contributed by atoms with E-state index in [-0.39, 0.29) is 270 Å². The Labute approximate surface area is 721 Å². The van der Waals surface area contributed by atoms with Crippen molar-refractivity contribution in [3.05, 3.63) is 0 Å². The molecule has 0 saturated heterocycles. The zero-order valence-electron chi connectivity index (χ0n) is 40.8. The minimum absolute atomic E-state index is 0. The zero-order chi connectivity index (χ0) is 76.5. The molecule has 98 heteroatoms. The van der Waals surface area contributed by atoms with Gasteiger partial charge in [0, 0.05) is 0 Å². The van der Waals surface area contributed by atoms with E-state index in [9.17, 15) is 0 Å². The van der Waals surface area contributed by atoms with Crippen molar-refractivity contribution in [2.75, 3.05) is 0 Å². The quantitative estimate of drug-likeness (QED) is 0.160. The predicted molar refractivity (Wildman–Crippen MR) is 135 cm³/mol. The Morgan fingerprint density at radius 1 is 0.0816 bits per heavy atom. The maximum absolute atomic E-state index is 8.55. The van der Waals surface area contributed by atoms with Crippen molar-refractivity contribution in [2.24, 2.45) is 0 Å². The van der Waals surface area contributed by atoms with Crippen LogP contribution >= 0.6 is 133 Å². The van der Waals surface area contributed by atoms with Gasteiger partial charge in [-0.05, 0) is 0 Å². The Hall–Kier alpha value is 10.7. The molecule has 0 spiro atoms. The molecule has 0 aliphatic rings. The van der Waals surface area contributed by atoms with Crippen LogP contribution < -0.4 is 250 Å². The molecule has 0 aromatic carbocycles. The number of hydrogen-bond donors (Lipinski definition) is 0. The molecule has 0 amide bonds. The van der Waals surface area contributed by atoms with E-state index in [0.29, 0.717) is 0 Å². The molecule has 0 heterocycles. The third-order valence-electron chi connectivity index (χ3n) is 0. The molecule has 0 aliphatic heterocycles. The number of rotatable bonds is 0. The van der Waals surface area contributed by atoms with Crippen molar-refractivity contribution in [1.29, 1.82) is 0 Å². The van der Waals surface area contributed by atoms with E-state index in [0.717, 1.165) is 0 Å². The largest absolute Gasteiger partial charge is 4.00 e. The van der Waals surface area contributed by atoms with Crippen LogP contribution in [0.5, 0.6) is 0 Å². The molecular formula is AlO68P17W12. The Bertz CT molecular complexity index is 1600. The summed E-state index contributed by atoms with van der Waals surface area (Å²) >= 11 is 0. The average Bonchev–Trinajstić information content (AvgIpc) is 2.75. The van der Waals surface area contributed by atoms with E-state index >= 15 is 0 Å².